The minimum atomic E-state index is 0.157. The molecule has 2 aliphatic rings. The Hall–Kier alpha value is -3.16. The summed E-state index contributed by atoms with van der Waals surface area (Å²) in [7, 11) is 4.36. The molecule has 5 rings (SSSR count). The second-order valence-corrected chi connectivity index (χ2v) is 8.99. The van der Waals surface area contributed by atoms with Crippen LogP contribution in [0.25, 0.3) is 0 Å². The van der Waals surface area contributed by atoms with Crippen molar-refractivity contribution in [2.75, 3.05) is 49.1 Å². The Morgan fingerprint density at radius 3 is 2.42 bits per heavy atom. The van der Waals surface area contributed by atoms with Crippen LogP contribution in [-0.2, 0) is 4.84 Å². The van der Waals surface area contributed by atoms with Gasteiger partial charge in [0.25, 0.3) is 0 Å². The number of hydrogen-bond acceptors (Lipinski definition) is 7. The molecule has 1 aromatic heterocycles. The zero-order chi connectivity index (χ0) is 22.6. The van der Waals surface area contributed by atoms with Crippen molar-refractivity contribution in [1.29, 1.82) is 0 Å². The Kier molecular flexibility index (Phi) is 6.41. The standard InChI is InChI=1S/C26H32N6O/c1-30(2)22-12-15-31(16-13-22)23-10-8-21(9-11-23)29-25-18-26(28-19-27-25)32-24(14-17-33-32)20-6-4-3-5-7-20/h3-11,18-19,22,24H,12-17H2,1-2H3,(H,27,28,29). The van der Waals surface area contributed by atoms with Gasteiger partial charge in [-0.1, -0.05) is 30.3 Å². The first-order chi connectivity index (χ1) is 16.2. The summed E-state index contributed by atoms with van der Waals surface area (Å²) in [5.74, 6) is 1.51. The van der Waals surface area contributed by atoms with Crippen LogP contribution in [0.2, 0.25) is 0 Å². The lowest BCUT2D eigenvalue weighted by atomic mass is 10.0. The maximum atomic E-state index is 5.92. The van der Waals surface area contributed by atoms with Crippen molar-refractivity contribution in [3.05, 3.63) is 72.6 Å². The lowest BCUT2D eigenvalue weighted by molar-refractivity contribution is 0.157. The number of hydroxylamine groups is 1. The van der Waals surface area contributed by atoms with E-state index in [9.17, 15) is 0 Å². The molecule has 2 aromatic carbocycles. The van der Waals surface area contributed by atoms with Crippen molar-refractivity contribution in [1.82, 2.24) is 14.9 Å². The van der Waals surface area contributed by atoms with Gasteiger partial charge in [0.1, 0.15) is 12.1 Å². The van der Waals surface area contributed by atoms with Crippen LogP contribution in [0.15, 0.2) is 67.0 Å². The molecule has 3 heterocycles. The summed E-state index contributed by atoms with van der Waals surface area (Å²) in [6.45, 7) is 2.88. The van der Waals surface area contributed by atoms with Gasteiger partial charge in [-0.05, 0) is 56.8 Å². The van der Waals surface area contributed by atoms with E-state index in [4.69, 9.17) is 4.84 Å². The predicted octanol–water partition coefficient (Wildman–Crippen LogP) is 4.63. The van der Waals surface area contributed by atoms with Gasteiger partial charge in [-0.2, -0.15) is 0 Å². The number of anilines is 4. The minimum Gasteiger partial charge on any atom is -0.371 e. The molecule has 1 N–H and O–H groups in total. The Morgan fingerprint density at radius 2 is 1.70 bits per heavy atom. The molecule has 2 fully saturated rings. The van der Waals surface area contributed by atoms with Crippen LogP contribution in [0.5, 0.6) is 0 Å². The number of nitrogens with zero attached hydrogens (tertiary/aromatic N) is 5. The normalized spacial score (nSPS) is 19.3. The molecule has 3 aromatic rings. The number of aromatic nitrogens is 2. The van der Waals surface area contributed by atoms with E-state index < -0.39 is 0 Å². The Morgan fingerprint density at radius 1 is 0.939 bits per heavy atom. The first-order valence-corrected chi connectivity index (χ1v) is 11.7. The summed E-state index contributed by atoms with van der Waals surface area (Å²) < 4.78 is 0. The highest BCUT2D eigenvalue weighted by molar-refractivity contribution is 5.62. The van der Waals surface area contributed by atoms with E-state index >= 15 is 0 Å². The van der Waals surface area contributed by atoms with Crippen LogP contribution in [0.4, 0.5) is 23.0 Å². The quantitative estimate of drug-likeness (QED) is 0.595. The first-order valence-electron chi connectivity index (χ1n) is 11.7. The van der Waals surface area contributed by atoms with Crippen LogP contribution in [0.3, 0.4) is 0 Å². The van der Waals surface area contributed by atoms with E-state index in [0.717, 1.165) is 36.8 Å². The average molecular weight is 445 g/mol. The zero-order valence-electron chi connectivity index (χ0n) is 19.4. The largest absolute Gasteiger partial charge is 0.371 e. The third-order valence-corrected chi connectivity index (χ3v) is 6.67. The SMILES string of the molecule is CN(C)C1CCN(c2ccc(Nc3cc(N4OCCC4c4ccccc4)ncn3)cc2)CC1. The van der Waals surface area contributed by atoms with Crippen LogP contribution in [0.1, 0.15) is 30.9 Å². The van der Waals surface area contributed by atoms with Gasteiger partial charge in [-0.25, -0.2) is 15.0 Å². The van der Waals surface area contributed by atoms with E-state index in [-0.39, 0.29) is 6.04 Å². The smallest absolute Gasteiger partial charge is 0.158 e. The maximum absolute atomic E-state index is 5.92. The summed E-state index contributed by atoms with van der Waals surface area (Å²) >= 11 is 0. The van der Waals surface area contributed by atoms with Crippen LogP contribution in [0, 0.1) is 0 Å². The van der Waals surface area contributed by atoms with Gasteiger partial charge in [-0.3, -0.25) is 4.84 Å². The summed E-state index contributed by atoms with van der Waals surface area (Å²) in [4.78, 5) is 19.6. The second kappa shape index (κ2) is 9.77. The molecule has 0 amide bonds. The molecule has 0 radical (unpaired) electrons. The van der Waals surface area contributed by atoms with Crippen molar-refractivity contribution in [3.8, 4) is 0 Å². The topological polar surface area (TPSA) is 56.8 Å². The third kappa shape index (κ3) is 4.94. The van der Waals surface area contributed by atoms with Crippen molar-refractivity contribution in [3.63, 3.8) is 0 Å². The number of piperidine rings is 1. The van der Waals surface area contributed by atoms with Crippen LogP contribution in [-0.4, -0.2) is 54.7 Å². The van der Waals surface area contributed by atoms with Gasteiger partial charge in [0.2, 0.25) is 0 Å². The molecule has 2 aliphatic heterocycles. The summed E-state index contributed by atoms with van der Waals surface area (Å²) in [6, 6.07) is 21.8. The molecule has 0 spiro atoms. The molecule has 33 heavy (non-hydrogen) atoms. The lowest BCUT2D eigenvalue weighted by Crippen LogP contribution is -2.41. The summed E-state index contributed by atoms with van der Waals surface area (Å²) in [5.41, 5.74) is 3.51. The molecule has 7 heteroatoms. The number of benzene rings is 2. The van der Waals surface area contributed by atoms with Gasteiger partial charge in [0.05, 0.1) is 12.6 Å². The van der Waals surface area contributed by atoms with E-state index in [1.807, 2.05) is 17.2 Å². The molecule has 7 nitrogen and oxygen atoms in total. The fourth-order valence-corrected chi connectivity index (χ4v) is 4.75. The average Bonchev–Trinajstić information content (AvgIpc) is 3.36. The van der Waals surface area contributed by atoms with Gasteiger partial charge in [-0.15, -0.1) is 0 Å². The van der Waals surface area contributed by atoms with Crippen molar-refractivity contribution in [2.24, 2.45) is 0 Å². The summed E-state index contributed by atoms with van der Waals surface area (Å²) in [5, 5.41) is 5.32. The molecule has 2 saturated heterocycles. The van der Waals surface area contributed by atoms with Crippen LogP contribution >= 0.6 is 0 Å². The van der Waals surface area contributed by atoms with Gasteiger partial charge in [0.15, 0.2) is 5.82 Å². The highest BCUT2D eigenvalue weighted by atomic mass is 16.7. The van der Waals surface area contributed by atoms with Gasteiger partial charge < -0.3 is 15.1 Å². The van der Waals surface area contributed by atoms with Crippen LogP contribution < -0.4 is 15.3 Å². The van der Waals surface area contributed by atoms with Crippen molar-refractivity contribution in [2.45, 2.75) is 31.3 Å². The monoisotopic (exact) mass is 444 g/mol. The van der Waals surface area contributed by atoms with E-state index in [2.05, 4.69) is 87.7 Å². The van der Waals surface area contributed by atoms with E-state index in [0.29, 0.717) is 12.6 Å². The Balaban J connectivity index is 1.25. The molecule has 0 saturated carbocycles. The minimum absolute atomic E-state index is 0.157. The lowest BCUT2D eigenvalue weighted by Gasteiger charge is -2.36. The second-order valence-electron chi connectivity index (χ2n) is 8.99. The Bertz CT molecular complexity index is 1030. The van der Waals surface area contributed by atoms with Gasteiger partial charge >= 0.3 is 0 Å². The number of hydrogen-bond donors (Lipinski definition) is 1. The van der Waals surface area contributed by atoms with Crippen molar-refractivity contribution < 1.29 is 4.84 Å². The molecule has 0 bridgehead atoms. The molecule has 1 atom stereocenters. The fraction of sp³-hybridized carbons (Fsp3) is 0.385. The molecule has 0 aliphatic carbocycles. The molecule has 1 unspecified atom stereocenters. The van der Waals surface area contributed by atoms with E-state index in [1.54, 1.807) is 6.33 Å². The third-order valence-electron chi connectivity index (χ3n) is 6.67. The van der Waals surface area contributed by atoms with Crippen molar-refractivity contribution >= 4 is 23.0 Å². The number of rotatable bonds is 6. The fourth-order valence-electron chi connectivity index (χ4n) is 4.75. The number of nitrogens with one attached hydrogen (secondary N) is 1. The summed E-state index contributed by atoms with van der Waals surface area (Å²) in [6.07, 6.45) is 4.94. The zero-order valence-corrected chi connectivity index (χ0v) is 19.4. The molecular weight excluding hydrogens is 412 g/mol. The Labute approximate surface area is 196 Å². The predicted molar refractivity (Wildman–Crippen MR) is 133 cm³/mol. The highest BCUT2D eigenvalue weighted by Crippen LogP contribution is 2.34. The maximum Gasteiger partial charge on any atom is 0.158 e. The first kappa shape index (κ1) is 21.7. The van der Waals surface area contributed by atoms with E-state index in [1.165, 1.54) is 24.1 Å². The van der Waals surface area contributed by atoms with Gasteiger partial charge in [0, 0.05) is 43.0 Å². The molecule has 172 valence electrons. The highest BCUT2D eigenvalue weighted by Gasteiger charge is 2.29. The molecular formula is C26H32N6O.